The molecule has 0 radical (unpaired) electrons. The smallest absolute Gasteiger partial charge is 0.416 e. The number of alkyl halides is 3. The van der Waals surface area contributed by atoms with Crippen LogP contribution in [0.5, 0.6) is 0 Å². The molecule has 0 aliphatic heterocycles. The molecule has 3 N–H and O–H groups in total. The summed E-state index contributed by atoms with van der Waals surface area (Å²) in [6.07, 6.45) is 5.12. The van der Waals surface area contributed by atoms with E-state index in [-0.39, 0.29) is 37.0 Å². The van der Waals surface area contributed by atoms with Crippen LogP contribution in [-0.4, -0.2) is 59.6 Å². The van der Waals surface area contributed by atoms with Gasteiger partial charge < -0.3 is 15.3 Å². The Labute approximate surface area is 206 Å². The van der Waals surface area contributed by atoms with E-state index in [0.29, 0.717) is 38.5 Å². The highest BCUT2D eigenvalue weighted by molar-refractivity contribution is 7.91. The lowest BCUT2D eigenvalue weighted by Crippen LogP contribution is -2.27. The number of aliphatic hydroxyl groups is 2. The molecular weight excluding hydrogens is 485 g/mol. The number of aliphatic carboxylic acids is 1. The maximum absolute atomic E-state index is 12.8. The van der Waals surface area contributed by atoms with Gasteiger partial charge in [-0.15, -0.1) is 0 Å². The molecule has 1 saturated carbocycles. The molecule has 0 spiro atoms. The molecule has 2 aliphatic rings. The van der Waals surface area contributed by atoms with E-state index < -0.39 is 45.0 Å². The first-order valence-corrected chi connectivity index (χ1v) is 14.5. The number of rotatable bonds is 14. The van der Waals surface area contributed by atoms with Gasteiger partial charge in [-0.1, -0.05) is 37.5 Å². The van der Waals surface area contributed by atoms with Crippen molar-refractivity contribution in [2.75, 3.05) is 6.26 Å². The van der Waals surface area contributed by atoms with E-state index in [0.717, 1.165) is 31.4 Å². The highest BCUT2D eigenvalue weighted by Gasteiger charge is 2.41. The van der Waals surface area contributed by atoms with Crippen LogP contribution in [0.2, 0.25) is 0 Å². The number of sulfone groups is 1. The lowest BCUT2D eigenvalue weighted by molar-refractivity contribution is -0.137. The van der Waals surface area contributed by atoms with Crippen molar-refractivity contribution in [2.45, 2.75) is 101 Å². The molecule has 202 valence electrons. The van der Waals surface area contributed by atoms with Crippen LogP contribution in [0.4, 0.5) is 13.2 Å². The maximum atomic E-state index is 12.8. The lowest BCUT2D eigenvalue weighted by Gasteiger charge is -2.26. The first kappa shape index (κ1) is 29.8. The van der Waals surface area contributed by atoms with Gasteiger partial charge in [-0.25, -0.2) is 8.42 Å². The Bertz CT molecular complexity index is 852. The number of hydrogen-bond acceptors (Lipinski definition) is 5. The summed E-state index contributed by atoms with van der Waals surface area (Å²) in [7, 11) is -3.39. The summed E-state index contributed by atoms with van der Waals surface area (Å²) >= 11 is 0. The van der Waals surface area contributed by atoms with Crippen molar-refractivity contribution < 1.29 is 41.7 Å². The van der Waals surface area contributed by atoms with Crippen LogP contribution in [0.3, 0.4) is 0 Å². The Balaban J connectivity index is 1.86. The van der Waals surface area contributed by atoms with Crippen molar-refractivity contribution in [2.24, 2.45) is 17.8 Å². The zero-order valence-electron chi connectivity index (χ0n) is 20.3. The SMILES string of the molecule is CS(=O)(=O)C(CCC1C=CC(C(F)(F)F)=CC1)CCC1C(CCCCCCC(=O)O)[C@@H](O)C[C@H]1O. The second-order valence-electron chi connectivity index (χ2n) is 10.2. The van der Waals surface area contributed by atoms with Crippen molar-refractivity contribution in [3.05, 3.63) is 23.8 Å². The van der Waals surface area contributed by atoms with E-state index in [1.807, 2.05) is 0 Å². The number of halogens is 3. The molecule has 2 aliphatic carbocycles. The van der Waals surface area contributed by atoms with Gasteiger partial charge in [0.05, 0.1) is 23.0 Å². The molecule has 0 amide bonds. The Hall–Kier alpha value is -1.39. The molecule has 0 bridgehead atoms. The molecule has 0 saturated heterocycles. The quantitative estimate of drug-likeness (QED) is 0.281. The zero-order valence-corrected chi connectivity index (χ0v) is 21.1. The summed E-state index contributed by atoms with van der Waals surface area (Å²) < 4.78 is 63.2. The number of hydrogen-bond donors (Lipinski definition) is 3. The predicted molar refractivity (Wildman–Crippen MR) is 127 cm³/mol. The van der Waals surface area contributed by atoms with Crippen LogP contribution in [0.25, 0.3) is 0 Å². The van der Waals surface area contributed by atoms with Crippen molar-refractivity contribution in [3.63, 3.8) is 0 Å². The first-order chi connectivity index (χ1) is 16.3. The third-order valence-corrected chi connectivity index (χ3v) is 9.18. The molecule has 2 rings (SSSR count). The Morgan fingerprint density at radius 2 is 1.63 bits per heavy atom. The second-order valence-corrected chi connectivity index (χ2v) is 12.5. The number of carbonyl (C=O) groups is 1. The molecule has 6 atom stereocenters. The van der Waals surface area contributed by atoms with E-state index in [1.54, 1.807) is 0 Å². The molecule has 0 aromatic heterocycles. The fourth-order valence-corrected chi connectivity index (χ4v) is 6.56. The minimum Gasteiger partial charge on any atom is -0.481 e. The van der Waals surface area contributed by atoms with Crippen LogP contribution in [0.1, 0.15) is 77.0 Å². The summed E-state index contributed by atoms with van der Waals surface area (Å²) in [6, 6.07) is 0. The van der Waals surface area contributed by atoms with Gasteiger partial charge in [0, 0.05) is 12.7 Å². The van der Waals surface area contributed by atoms with Crippen LogP contribution in [0.15, 0.2) is 23.8 Å². The fourth-order valence-electron chi connectivity index (χ4n) is 5.43. The van der Waals surface area contributed by atoms with Gasteiger partial charge >= 0.3 is 12.1 Å². The van der Waals surface area contributed by atoms with Crippen LogP contribution >= 0.6 is 0 Å². The average molecular weight is 525 g/mol. The molecule has 1 fully saturated rings. The summed E-state index contributed by atoms with van der Waals surface area (Å²) in [6.45, 7) is 0. The molecule has 4 unspecified atom stereocenters. The number of unbranched alkanes of at least 4 members (excludes halogenated alkanes) is 3. The van der Waals surface area contributed by atoms with Crippen molar-refractivity contribution >= 4 is 15.8 Å². The van der Waals surface area contributed by atoms with Crippen molar-refractivity contribution in [1.29, 1.82) is 0 Å². The largest absolute Gasteiger partial charge is 0.481 e. The number of carboxylic acids is 1. The van der Waals surface area contributed by atoms with Crippen molar-refractivity contribution in [1.82, 2.24) is 0 Å². The minimum absolute atomic E-state index is 0.128. The highest BCUT2D eigenvalue weighted by atomic mass is 32.2. The third-order valence-electron chi connectivity index (χ3n) is 7.50. The van der Waals surface area contributed by atoms with Gasteiger partial charge in [0.15, 0.2) is 0 Å². The zero-order chi connectivity index (χ0) is 26.2. The molecule has 0 aromatic rings. The minimum atomic E-state index is -4.38. The highest BCUT2D eigenvalue weighted by Crippen LogP contribution is 2.40. The second kappa shape index (κ2) is 13.2. The number of allylic oxidation sites excluding steroid dienone is 4. The first-order valence-electron chi connectivity index (χ1n) is 12.5. The summed E-state index contributed by atoms with van der Waals surface area (Å²) in [5, 5.41) is 29.0. The van der Waals surface area contributed by atoms with Gasteiger partial charge in [-0.2, -0.15) is 13.2 Å². The van der Waals surface area contributed by atoms with Gasteiger partial charge in [0.1, 0.15) is 9.84 Å². The predicted octanol–water partition coefficient (Wildman–Crippen LogP) is 4.81. The van der Waals surface area contributed by atoms with Gasteiger partial charge in [0.25, 0.3) is 0 Å². The summed E-state index contributed by atoms with van der Waals surface area (Å²) in [5.41, 5.74) is -0.671. The van der Waals surface area contributed by atoms with E-state index >= 15 is 0 Å². The number of aliphatic hydroxyl groups excluding tert-OH is 2. The van der Waals surface area contributed by atoms with Gasteiger partial charge in [0.2, 0.25) is 0 Å². The molecular formula is C25H39F3O6S. The normalized spacial score (nSPS) is 28.2. The Morgan fingerprint density at radius 1 is 1.03 bits per heavy atom. The molecule has 0 heterocycles. The third kappa shape index (κ3) is 9.88. The van der Waals surface area contributed by atoms with E-state index in [2.05, 4.69) is 0 Å². The van der Waals surface area contributed by atoms with E-state index in [1.165, 1.54) is 12.3 Å². The topological polar surface area (TPSA) is 112 Å². The average Bonchev–Trinajstić information content (AvgIpc) is 3.01. The van der Waals surface area contributed by atoms with Gasteiger partial charge in [-0.3, -0.25) is 4.79 Å². The van der Waals surface area contributed by atoms with Crippen LogP contribution in [0, 0.1) is 17.8 Å². The Morgan fingerprint density at radius 3 is 2.17 bits per heavy atom. The standard InChI is InChI=1S/C25H39F3O6S/c1-35(33,34)19(13-10-17-8-11-18(12-9-17)25(26,27)28)14-15-21-20(22(29)16-23(21)30)6-4-2-3-5-7-24(31)32/h8,11-12,17,19-23,29-30H,2-7,9-10,13-16H2,1H3,(H,31,32)/t17?,19?,20?,21?,22-,23+/m0/s1. The maximum Gasteiger partial charge on any atom is 0.416 e. The van der Waals surface area contributed by atoms with Crippen molar-refractivity contribution in [3.8, 4) is 0 Å². The number of carboxylic acid groups (broad SMARTS) is 1. The van der Waals surface area contributed by atoms with Gasteiger partial charge in [-0.05, 0) is 69.1 Å². The van der Waals surface area contributed by atoms with E-state index in [4.69, 9.17) is 5.11 Å². The van der Waals surface area contributed by atoms with Crippen LogP contribution < -0.4 is 0 Å². The monoisotopic (exact) mass is 524 g/mol. The molecule has 6 nitrogen and oxygen atoms in total. The molecule has 35 heavy (non-hydrogen) atoms. The molecule has 0 aromatic carbocycles. The molecule has 10 heteroatoms. The summed E-state index contributed by atoms with van der Waals surface area (Å²) in [4.78, 5) is 10.6. The fraction of sp³-hybridized carbons (Fsp3) is 0.800. The van der Waals surface area contributed by atoms with E-state index in [9.17, 15) is 36.6 Å². The van der Waals surface area contributed by atoms with Crippen LogP contribution in [-0.2, 0) is 14.6 Å². The summed E-state index contributed by atoms with van der Waals surface area (Å²) in [5.74, 6) is -1.29. The lowest BCUT2D eigenvalue weighted by atomic mass is 9.84. The Kier molecular flexibility index (Phi) is 11.3.